The van der Waals surface area contributed by atoms with Gasteiger partial charge in [0.15, 0.2) is 0 Å². The zero-order valence-corrected chi connectivity index (χ0v) is 10.3. The number of benzene rings is 1. The Bertz CT molecular complexity index is 268. The molecular formula is C13H19ClO. The highest BCUT2D eigenvalue weighted by Gasteiger charge is 2.09. The maximum Gasteiger partial charge on any atom is 0.0462 e. The molecule has 0 heterocycles. The van der Waals surface area contributed by atoms with E-state index in [0.717, 1.165) is 19.4 Å². The van der Waals surface area contributed by atoms with Gasteiger partial charge in [-0.1, -0.05) is 29.8 Å². The summed E-state index contributed by atoms with van der Waals surface area (Å²) >= 11 is 5.98. The van der Waals surface area contributed by atoms with Gasteiger partial charge in [-0.2, -0.15) is 0 Å². The third-order valence-corrected chi connectivity index (χ3v) is 3.01. The van der Waals surface area contributed by atoms with Crippen LogP contribution < -0.4 is 0 Å². The third-order valence-electron chi connectivity index (χ3n) is 2.64. The minimum absolute atomic E-state index is 0.461. The standard InChI is InChI=1S/C13H19ClO/c1-11-5-7-12(8-6-11)13(10-14)4-3-9-15-2/h5-8,13H,3-4,9-10H2,1-2H3. The average molecular weight is 227 g/mol. The van der Waals surface area contributed by atoms with Crippen LogP contribution >= 0.6 is 11.6 Å². The lowest BCUT2D eigenvalue weighted by atomic mass is 9.95. The first-order valence-electron chi connectivity index (χ1n) is 5.39. The van der Waals surface area contributed by atoms with Gasteiger partial charge in [-0.3, -0.25) is 0 Å². The van der Waals surface area contributed by atoms with Crippen molar-refractivity contribution in [3.63, 3.8) is 0 Å². The van der Waals surface area contributed by atoms with Crippen LogP contribution in [0.25, 0.3) is 0 Å². The van der Waals surface area contributed by atoms with Gasteiger partial charge in [-0.05, 0) is 31.2 Å². The number of hydrogen-bond donors (Lipinski definition) is 0. The summed E-state index contributed by atoms with van der Waals surface area (Å²) in [6.45, 7) is 2.92. The van der Waals surface area contributed by atoms with Crippen LogP contribution in [0, 0.1) is 6.92 Å². The summed E-state index contributed by atoms with van der Waals surface area (Å²) in [7, 11) is 1.74. The van der Waals surface area contributed by atoms with Gasteiger partial charge in [0.1, 0.15) is 0 Å². The van der Waals surface area contributed by atoms with Crippen LogP contribution in [0.1, 0.15) is 29.9 Å². The van der Waals surface area contributed by atoms with E-state index in [0.29, 0.717) is 11.8 Å². The van der Waals surface area contributed by atoms with Crippen molar-refractivity contribution in [2.45, 2.75) is 25.7 Å². The van der Waals surface area contributed by atoms with Crippen LogP contribution in [0.3, 0.4) is 0 Å². The van der Waals surface area contributed by atoms with E-state index < -0.39 is 0 Å². The van der Waals surface area contributed by atoms with Gasteiger partial charge in [0.2, 0.25) is 0 Å². The Hall–Kier alpha value is -0.530. The molecule has 0 radical (unpaired) electrons. The van der Waals surface area contributed by atoms with Crippen molar-refractivity contribution >= 4 is 11.6 Å². The highest BCUT2D eigenvalue weighted by atomic mass is 35.5. The SMILES string of the molecule is COCCCC(CCl)c1ccc(C)cc1. The van der Waals surface area contributed by atoms with Gasteiger partial charge in [-0.25, -0.2) is 0 Å². The van der Waals surface area contributed by atoms with Crippen LogP contribution in [-0.2, 0) is 4.74 Å². The van der Waals surface area contributed by atoms with E-state index in [1.807, 2.05) is 0 Å². The second-order valence-electron chi connectivity index (χ2n) is 3.90. The lowest BCUT2D eigenvalue weighted by molar-refractivity contribution is 0.191. The van der Waals surface area contributed by atoms with Crippen LogP contribution in [0.4, 0.5) is 0 Å². The Kier molecular flexibility index (Phi) is 5.74. The molecule has 0 bridgehead atoms. The van der Waals surface area contributed by atoms with Gasteiger partial charge < -0.3 is 4.74 Å². The number of hydrogen-bond acceptors (Lipinski definition) is 1. The van der Waals surface area contributed by atoms with Crippen molar-refractivity contribution < 1.29 is 4.74 Å². The molecule has 0 spiro atoms. The van der Waals surface area contributed by atoms with E-state index in [-0.39, 0.29) is 0 Å². The maximum atomic E-state index is 5.98. The zero-order valence-electron chi connectivity index (χ0n) is 9.50. The van der Waals surface area contributed by atoms with E-state index in [9.17, 15) is 0 Å². The van der Waals surface area contributed by atoms with Gasteiger partial charge in [0, 0.05) is 19.6 Å². The lowest BCUT2D eigenvalue weighted by Crippen LogP contribution is -2.02. The summed E-state index contributed by atoms with van der Waals surface area (Å²) in [5.41, 5.74) is 2.63. The maximum absolute atomic E-state index is 5.98. The summed E-state index contributed by atoms with van der Waals surface area (Å²) in [6.07, 6.45) is 2.17. The minimum Gasteiger partial charge on any atom is -0.385 e. The Morgan fingerprint density at radius 3 is 2.47 bits per heavy atom. The molecule has 1 rings (SSSR count). The molecule has 0 aromatic heterocycles. The molecule has 0 N–H and O–H groups in total. The number of halogens is 1. The minimum atomic E-state index is 0.461. The van der Waals surface area contributed by atoms with E-state index in [4.69, 9.17) is 16.3 Å². The second-order valence-corrected chi connectivity index (χ2v) is 4.21. The predicted molar refractivity (Wildman–Crippen MR) is 65.8 cm³/mol. The van der Waals surface area contributed by atoms with Crippen molar-refractivity contribution in [3.8, 4) is 0 Å². The quantitative estimate of drug-likeness (QED) is 0.530. The smallest absolute Gasteiger partial charge is 0.0462 e. The summed E-state index contributed by atoms with van der Waals surface area (Å²) in [5.74, 6) is 1.15. The third kappa shape index (κ3) is 4.23. The molecule has 1 atom stereocenters. The number of alkyl halides is 1. The first kappa shape index (κ1) is 12.5. The Morgan fingerprint density at radius 1 is 1.27 bits per heavy atom. The van der Waals surface area contributed by atoms with Crippen molar-refractivity contribution in [1.82, 2.24) is 0 Å². The van der Waals surface area contributed by atoms with Gasteiger partial charge in [0.05, 0.1) is 0 Å². The lowest BCUT2D eigenvalue weighted by Gasteiger charge is -2.14. The van der Waals surface area contributed by atoms with Crippen LogP contribution in [0.5, 0.6) is 0 Å². The molecule has 84 valence electrons. The Labute approximate surface area is 97.4 Å². The Balaban J connectivity index is 2.53. The van der Waals surface area contributed by atoms with Crippen LogP contribution in [-0.4, -0.2) is 19.6 Å². The number of methoxy groups -OCH3 is 1. The fraction of sp³-hybridized carbons (Fsp3) is 0.538. The van der Waals surface area contributed by atoms with Gasteiger partial charge in [0.25, 0.3) is 0 Å². The summed E-state index contributed by atoms with van der Waals surface area (Å²) < 4.78 is 5.05. The molecule has 0 amide bonds. The molecule has 2 heteroatoms. The van der Waals surface area contributed by atoms with E-state index in [1.54, 1.807) is 7.11 Å². The molecule has 0 fully saturated rings. The van der Waals surface area contributed by atoms with Crippen molar-refractivity contribution in [2.24, 2.45) is 0 Å². The zero-order chi connectivity index (χ0) is 11.1. The van der Waals surface area contributed by atoms with E-state index >= 15 is 0 Å². The van der Waals surface area contributed by atoms with Gasteiger partial charge >= 0.3 is 0 Å². The van der Waals surface area contributed by atoms with Crippen molar-refractivity contribution in [2.75, 3.05) is 19.6 Å². The molecule has 1 nitrogen and oxygen atoms in total. The van der Waals surface area contributed by atoms with Crippen molar-refractivity contribution in [1.29, 1.82) is 0 Å². The molecule has 0 aliphatic rings. The highest BCUT2D eigenvalue weighted by Crippen LogP contribution is 2.23. The topological polar surface area (TPSA) is 9.23 Å². The molecule has 0 saturated heterocycles. The fourth-order valence-corrected chi connectivity index (χ4v) is 1.98. The fourth-order valence-electron chi connectivity index (χ4n) is 1.65. The molecule has 0 aliphatic carbocycles. The average Bonchev–Trinajstić information content (AvgIpc) is 2.26. The normalized spacial score (nSPS) is 12.7. The van der Waals surface area contributed by atoms with Crippen molar-refractivity contribution in [3.05, 3.63) is 35.4 Å². The van der Waals surface area contributed by atoms with Crippen LogP contribution in [0.15, 0.2) is 24.3 Å². The van der Waals surface area contributed by atoms with E-state index in [2.05, 4.69) is 31.2 Å². The number of aryl methyl sites for hydroxylation is 1. The highest BCUT2D eigenvalue weighted by molar-refractivity contribution is 6.18. The molecule has 1 aromatic carbocycles. The van der Waals surface area contributed by atoms with Crippen LogP contribution in [0.2, 0.25) is 0 Å². The first-order chi connectivity index (χ1) is 7.27. The van der Waals surface area contributed by atoms with E-state index in [1.165, 1.54) is 11.1 Å². The number of ether oxygens (including phenoxy) is 1. The molecular weight excluding hydrogens is 208 g/mol. The number of rotatable bonds is 6. The largest absolute Gasteiger partial charge is 0.385 e. The second kappa shape index (κ2) is 6.86. The molecule has 1 unspecified atom stereocenters. The summed E-state index contributed by atoms with van der Waals surface area (Å²) in [5, 5.41) is 0. The first-order valence-corrected chi connectivity index (χ1v) is 5.93. The predicted octanol–water partition coefficient (Wildman–Crippen LogP) is 3.74. The Morgan fingerprint density at radius 2 is 1.93 bits per heavy atom. The summed E-state index contributed by atoms with van der Waals surface area (Å²) in [4.78, 5) is 0. The summed E-state index contributed by atoms with van der Waals surface area (Å²) in [6, 6.07) is 8.64. The molecule has 0 saturated carbocycles. The molecule has 0 aliphatic heterocycles. The monoisotopic (exact) mass is 226 g/mol. The molecule has 1 aromatic rings. The van der Waals surface area contributed by atoms with Gasteiger partial charge in [-0.15, -0.1) is 11.6 Å². The molecule has 15 heavy (non-hydrogen) atoms.